The van der Waals surface area contributed by atoms with Crippen LogP contribution in [0.3, 0.4) is 0 Å². The van der Waals surface area contributed by atoms with Crippen LogP contribution in [0.15, 0.2) is 0 Å². The van der Waals surface area contributed by atoms with Gasteiger partial charge in [0.05, 0.1) is 12.5 Å². The third-order valence-corrected chi connectivity index (χ3v) is 4.24. The quantitative estimate of drug-likeness (QED) is 0.546. The van der Waals surface area contributed by atoms with Crippen LogP contribution in [-0.2, 0) is 14.3 Å². The van der Waals surface area contributed by atoms with Gasteiger partial charge in [0.2, 0.25) is 0 Å². The summed E-state index contributed by atoms with van der Waals surface area (Å²) in [5, 5.41) is 0. The van der Waals surface area contributed by atoms with Crippen LogP contribution in [0.25, 0.3) is 0 Å². The average molecular weight is 226 g/mol. The molecule has 0 aromatic rings. The molecular weight excluding hydrogens is 204 g/mol. The van der Waals surface area contributed by atoms with Crippen molar-refractivity contribution in [2.45, 2.75) is 40.0 Å². The van der Waals surface area contributed by atoms with Gasteiger partial charge in [-0.3, -0.25) is 4.79 Å². The molecule has 0 aliphatic heterocycles. The topological polar surface area (TPSA) is 43.4 Å². The van der Waals surface area contributed by atoms with Crippen LogP contribution >= 0.6 is 0 Å². The zero-order valence-corrected chi connectivity index (χ0v) is 10.7. The Balaban J connectivity index is 3.11. The molecule has 1 aliphatic carbocycles. The van der Waals surface area contributed by atoms with Gasteiger partial charge in [-0.1, -0.05) is 20.8 Å². The highest BCUT2D eigenvalue weighted by Gasteiger charge is 2.54. The molecule has 1 aliphatic rings. The molecule has 3 nitrogen and oxygen atoms in total. The number of ether oxygens (including phenoxy) is 1. The Hall–Kier alpha value is -0.860. The van der Waals surface area contributed by atoms with Crippen molar-refractivity contribution in [3.63, 3.8) is 0 Å². The Morgan fingerprint density at radius 1 is 1.50 bits per heavy atom. The number of hydrogen-bond donors (Lipinski definition) is 0. The normalized spacial score (nSPS) is 34.1. The first-order chi connectivity index (χ1) is 7.50. The van der Waals surface area contributed by atoms with Gasteiger partial charge in [0.25, 0.3) is 0 Å². The first-order valence-electron chi connectivity index (χ1n) is 6.02. The standard InChI is InChI=1S/C13H22O3/c1-9(2)11-6-5-10(3)13(11,7-8-14)12(15)16-4/h8-11H,5-7H2,1-4H3/t10-,11-,13-/m1/s1. The zero-order valence-electron chi connectivity index (χ0n) is 10.7. The third kappa shape index (κ3) is 1.87. The summed E-state index contributed by atoms with van der Waals surface area (Å²) in [6, 6.07) is 0. The third-order valence-electron chi connectivity index (χ3n) is 4.24. The predicted molar refractivity (Wildman–Crippen MR) is 61.9 cm³/mol. The van der Waals surface area contributed by atoms with E-state index in [9.17, 15) is 9.59 Å². The molecule has 0 saturated heterocycles. The van der Waals surface area contributed by atoms with E-state index in [-0.39, 0.29) is 17.8 Å². The smallest absolute Gasteiger partial charge is 0.312 e. The van der Waals surface area contributed by atoms with Gasteiger partial charge in [0.1, 0.15) is 6.29 Å². The number of carbonyl (C=O) groups is 2. The second-order valence-corrected chi connectivity index (χ2v) is 5.23. The highest BCUT2D eigenvalue weighted by atomic mass is 16.5. The summed E-state index contributed by atoms with van der Waals surface area (Å²) in [4.78, 5) is 23.0. The zero-order chi connectivity index (χ0) is 12.3. The number of aldehydes is 1. The lowest BCUT2D eigenvalue weighted by atomic mass is 9.67. The van der Waals surface area contributed by atoms with Gasteiger partial charge in [-0.15, -0.1) is 0 Å². The minimum Gasteiger partial charge on any atom is -0.469 e. The molecule has 92 valence electrons. The maximum absolute atomic E-state index is 12.1. The van der Waals surface area contributed by atoms with Crippen molar-refractivity contribution in [3.8, 4) is 0 Å². The summed E-state index contributed by atoms with van der Waals surface area (Å²) in [6.07, 6.45) is 3.19. The number of rotatable bonds is 4. The number of esters is 1. The molecule has 0 unspecified atom stereocenters. The van der Waals surface area contributed by atoms with E-state index in [0.717, 1.165) is 19.1 Å². The van der Waals surface area contributed by atoms with Crippen LogP contribution in [0.5, 0.6) is 0 Å². The number of methoxy groups -OCH3 is 1. The lowest BCUT2D eigenvalue weighted by Crippen LogP contribution is -2.42. The molecule has 0 amide bonds. The monoisotopic (exact) mass is 226 g/mol. The van der Waals surface area contributed by atoms with Crippen molar-refractivity contribution in [1.82, 2.24) is 0 Å². The summed E-state index contributed by atoms with van der Waals surface area (Å²) in [5.41, 5.74) is -0.579. The molecule has 0 aromatic carbocycles. The summed E-state index contributed by atoms with van der Waals surface area (Å²) in [6.45, 7) is 6.29. The van der Waals surface area contributed by atoms with E-state index in [2.05, 4.69) is 20.8 Å². The van der Waals surface area contributed by atoms with Crippen molar-refractivity contribution in [3.05, 3.63) is 0 Å². The van der Waals surface area contributed by atoms with Crippen LogP contribution in [0.4, 0.5) is 0 Å². The van der Waals surface area contributed by atoms with E-state index in [1.54, 1.807) is 0 Å². The minimum atomic E-state index is -0.579. The van der Waals surface area contributed by atoms with Crippen LogP contribution in [0, 0.1) is 23.2 Å². The maximum atomic E-state index is 12.1. The Morgan fingerprint density at radius 3 is 2.56 bits per heavy atom. The van der Waals surface area contributed by atoms with Crippen LogP contribution in [0.1, 0.15) is 40.0 Å². The number of carbonyl (C=O) groups excluding carboxylic acids is 2. The molecular formula is C13H22O3. The summed E-state index contributed by atoms with van der Waals surface area (Å²) < 4.78 is 4.94. The number of hydrogen-bond acceptors (Lipinski definition) is 3. The van der Waals surface area contributed by atoms with E-state index in [0.29, 0.717) is 12.3 Å². The van der Waals surface area contributed by atoms with Crippen LogP contribution in [-0.4, -0.2) is 19.4 Å². The van der Waals surface area contributed by atoms with E-state index in [4.69, 9.17) is 4.74 Å². The molecule has 1 fully saturated rings. The average Bonchev–Trinajstić information content (AvgIpc) is 2.57. The second-order valence-electron chi connectivity index (χ2n) is 5.23. The van der Waals surface area contributed by atoms with E-state index >= 15 is 0 Å². The summed E-state index contributed by atoms with van der Waals surface area (Å²) in [5.74, 6) is 0.699. The first kappa shape index (κ1) is 13.2. The molecule has 0 aromatic heterocycles. The molecule has 1 rings (SSSR count). The van der Waals surface area contributed by atoms with E-state index in [1.807, 2.05) is 0 Å². The van der Waals surface area contributed by atoms with E-state index < -0.39 is 5.41 Å². The SMILES string of the molecule is COC(=O)[C@]1(CC=O)[C@H](C)CC[C@@H]1C(C)C. The van der Waals surface area contributed by atoms with Crippen molar-refractivity contribution in [1.29, 1.82) is 0 Å². The van der Waals surface area contributed by atoms with Crippen molar-refractivity contribution >= 4 is 12.3 Å². The predicted octanol–water partition coefficient (Wildman–Crippen LogP) is 2.44. The largest absolute Gasteiger partial charge is 0.469 e. The lowest BCUT2D eigenvalue weighted by Gasteiger charge is -2.36. The highest BCUT2D eigenvalue weighted by molar-refractivity contribution is 5.81. The Labute approximate surface area is 97.5 Å². The Bertz CT molecular complexity index is 272. The lowest BCUT2D eigenvalue weighted by molar-refractivity contribution is -0.160. The Kier molecular flexibility index (Phi) is 4.11. The van der Waals surface area contributed by atoms with Crippen LogP contribution < -0.4 is 0 Å². The van der Waals surface area contributed by atoms with Gasteiger partial charge in [-0.25, -0.2) is 0 Å². The van der Waals surface area contributed by atoms with E-state index in [1.165, 1.54) is 7.11 Å². The maximum Gasteiger partial charge on any atom is 0.312 e. The molecule has 16 heavy (non-hydrogen) atoms. The summed E-state index contributed by atoms with van der Waals surface area (Å²) >= 11 is 0. The second kappa shape index (κ2) is 4.98. The van der Waals surface area contributed by atoms with Gasteiger partial charge in [-0.05, 0) is 30.6 Å². The van der Waals surface area contributed by atoms with Crippen molar-refractivity contribution < 1.29 is 14.3 Å². The molecule has 1 saturated carbocycles. The van der Waals surface area contributed by atoms with Gasteiger partial charge in [-0.2, -0.15) is 0 Å². The Morgan fingerprint density at radius 2 is 2.12 bits per heavy atom. The first-order valence-corrected chi connectivity index (χ1v) is 6.02. The molecule has 3 atom stereocenters. The molecule has 0 radical (unpaired) electrons. The van der Waals surface area contributed by atoms with Crippen LogP contribution in [0.2, 0.25) is 0 Å². The highest BCUT2D eigenvalue weighted by Crippen LogP contribution is 2.53. The minimum absolute atomic E-state index is 0.205. The molecule has 0 bridgehead atoms. The summed E-state index contributed by atoms with van der Waals surface area (Å²) in [7, 11) is 1.41. The molecule has 3 heteroatoms. The fourth-order valence-electron chi connectivity index (χ4n) is 3.35. The van der Waals surface area contributed by atoms with Gasteiger partial charge in [0.15, 0.2) is 0 Å². The molecule has 0 heterocycles. The van der Waals surface area contributed by atoms with Gasteiger partial charge < -0.3 is 9.53 Å². The van der Waals surface area contributed by atoms with Gasteiger partial charge >= 0.3 is 5.97 Å². The fraction of sp³-hybridized carbons (Fsp3) is 0.846. The fourth-order valence-corrected chi connectivity index (χ4v) is 3.35. The van der Waals surface area contributed by atoms with Gasteiger partial charge in [0, 0.05) is 6.42 Å². The molecule has 0 spiro atoms. The molecule has 0 N–H and O–H groups in total. The van der Waals surface area contributed by atoms with Crippen molar-refractivity contribution in [2.24, 2.45) is 23.2 Å². The van der Waals surface area contributed by atoms with Crippen molar-refractivity contribution in [2.75, 3.05) is 7.11 Å².